The van der Waals surface area contributed by atoms with Crippen molar-refractivity contribution >= 4 is 27.3 Å². The van der Waals surface area contributed by atoms with Crippen LogP contribution in [0, 0.1) is 6.92 Å². The third-order valence-corrected chi connectivity index (χ3v) is 5.52. The quantitative estimate of drug-likeness (QED) is 0.322. The molecule has 0 aliphatic carbocycles. The molecule has 0 aliphatic rings. The predicted octanol–water partition coefficient (Wildman–Crippen LogP) is 6.74. The molecule has 2 heterocycles. The van der Waals surface area contributed by atoms with Gasteiger partial charge in [-0.15, -0.1) is 0 Å². The second-order valence-electron chi connectivity index (χ2n) is 7.55. The molecule has 0 N–H and O–H groups in total. The van der Waals surface area contributed by atoms with Crippen molar-refractivity contribution < 1.29 is 0 Å². The summed E-state index contributed by atoms with van der Waals surface area (Å²) in [7, 11) is 0. The van der Waals surface area contributed by atoms with Gasteiger partial charge < -0.3 is 0 Å². The minimum atomic E-state index is 0.430. The molecule has 0 unspecified atom stereocenters. The van der Waals surface area contributed by atoms with Crippen LogP contribution >= 0.6 is 0 Å². The van der Waals surface area contributed by atoms with Crippen LogP contribution in [0.2, 0.25) is 0 Å². The first kappa shape index (κ1) is 16.1. The van der Waals surface area contributed by atoms with Crippen molar-refractivity contribution in [2.24, 2.45) is 0 Å². The van der Waals surface area contributed by atoms with Gasteiger partial charge in [0.15, 0.2) is 0 Å². The Hall–Kier alpha value is -3.13. The van der Waals surface area contributed by atoms with Crippen molar-refractivity contribution in [3.05, 3.63) is 84.2 Å². The topological polar surface area (TPSA) is 17.3 Å². The van der Waals surface area contributed by atoms with Gasteiger partial charge in [-0.2, -0.15) is 0 Å². The van der Waals surface area contributed by atoms with E-state index in [0.29, 0.717) is 5.92 Å². The monoisotopic (exact) mass is 350 g/mol. The van der Waals surface area contributed by atoms with Gasteiger partial charge in [0.2, 0.25) is 0 Å². The SMILES string of the molecule is Cc1cnc2c3c(C(C)C)ccc(-c4ccccc4)c3c3ccccc3n12. The molecular formula is C25H22N2. The molecule has 0 bridgehead atoms. The number of fused-ring (bicyclic) bond motifs is 6. The molecule has 0 amide bonds. The van der Waals surface area contributed by atoms with Gasteiger partial charge in [0.25, 0.3) is 0 Å². The van der Waals surface area contributed by atoms with E-state index in [2.05, 4.69) is 91.9 Å². The second-order valence-corrected chi connectivity index (χ2v) is 7.55. The van der Waals surface area contributed by atoms with Crippen LogP contribution in [0.3, 0.4) is 0 Å². The molecule has 2 nitrogen and oxygen atoms in total. The molecule has 0 aliphatic heterocycles. The highest BCUT2D eigenvalue weighted by Gasteiger charge is 2.18. The zero-order valence-electron chi connectivity index (χ0n) is 15.9. The van der Waals surface area contributed by atoms with Crippen LogP contribution in [0.5, 0.6) is 0 Å². The van der Waals surface area contributed by atoms with Gasteiger partial charge in [-0.3, -0.25) is 4.40 Å². The summed E-state index contributed by atoms with van der Waals surface area (Å²) in [6, 6.07) is 23.9. The number of aromatic nitrogens is 2. The average molecular weight is 350 g/mol. The zero-order valence-corrected chi connectivity index (χ0v) is 15.9. The van der Waals surface area contributed by atoms with E-state index in [4.69, 9.17) is 4.98 Å². The first-order valence-corrected chi connectivity index (χ1v) is 9.53. The summed E-state index contributed by atoms with van der Waals surface area (Å²) in [5.41, 5.74) is 7.31. The number of para-hydroxylation sites is 1. The van der Waals surface area contributed by atoms with Crippen molar-refractivity contribution in [1.29, 1.82) is 0 Å². The van der Waals surface area contributed by atoms with Gasteiger partial charge in [0.05, 0.1) is 5.52 Å². The summed E-state index contributed by atoms with van der Waals surface area (Å²) < 4.78 is 2.30. The Balaban J connectivity index is 2.12. The molecule has 3 aromatic carbocycles. The van der Waals surface area contributed by atoms with Crippen LogP contribution in [0.1, 0.15) is 31.0 Å². The number of pyridine rings is 1. The minimum Gasteiger partial charge on any atom is -0.296 e. The molecular weight excluding hydrogens is 328 g/mol. The van der Waals surface area contributed by atoms with Crippen molar-refractivity contribution in [2.75, 3.05) is 0 Å². The third-order valence-electron chi connectivity index (χ3n) is 5.52. The first-order valence-electron chi connectivity index (χ1n) is 9.53. The molecule has 2 aromatic heterocycles. The van der Waals surface area contributed by atoms with Gasteiger partial charge in [0, 0.05) is 28.0 Å². The van der Waals surface area contributed by atoms with Gasteiger partial charge in [0.1, 0.15) is 5.65 Å². The number of hydrogen-bond acceptors (Lipinski definition) is 1. The normalized spacial score (nSPS) is 11.9. The van der Waals surface area contributed by atoms with Gasteiger partial charge in [-0.1, -0.05) is 74.5 Å². The van der Waals surface area contributed by atoms with E-state index in [9.17, 15) is 0 Å². The summed E-state index contributed by atoms with van der Waals surface area (Å²) in [5.74, 6) is 0.430. The van der Waals surface area contributed by atoms with Crippen molar-refractivity contribution in [3.63, 3.8) is 0 Å². The summed E-state index contributed by atoms with van der Waals surface area (Å²) in [5, 5.41) is 3.86. The Bertz CT molecular complexity index is 1290. The Morgan fingerprint density at radius 3 is 2.33 bits per heavy atom. The fourth-order valence-corrected chi connectivity index (χ4v) is 4.28. The van der Waals surface area contributed by atoms with Crippen molar-refractivity contribution in [1.82, 2.24) is 9.38 Å². The third kappa shape index (κ3) is 2.30. The fourth-order valence-electron chi connectivity index (χ4n) is 4.28. The van der Waals surface area contributed by atoms with Gasteiger partial charge in [-0.05, 0) is 35.6 Å². The maximum absolute atomic E-state index is 4.84. The molecule has 5 aromatic rings. The Morgan fingerprint density at radius 2 is 1.56 bits per heavy atom. The van der Waals surface area contributed by atoms with Crippen LogP contribution in [0.15, 0.2) is 72.9 Å². The highest BCUT2D eigenvalue weighted by molar-refractivity contribution is 6.19. The lowest BCUT2D eigenvalue weighted by atomic mass is 9.89. The van der Waals surface area contributed by atoms with E-state index in [1.807, 2.05) is 6.20 Å². The maximum atomic E-state index is 4.84. The highest BCUT2D eigenvalue weighted by atomic mass is 15.0. The maximum Gasteiger partial charge on any atom is 0.145 e. The summed E-state index contributed by atoms with van der Waals surface area (Å²) in [6.45, 7) is 6.66. The summed E-state index contributed by atoms with van der Waals surface area (Å²) >= 11 is 0. The molecule has 0 spiro atoms. The first-order chi connectivity index (χ1) is 13.2. The molecule has 0 saturated carbocycles. The molecule has 5 rings (SSSR count). The molecule has 0 saturated heterocycles. The number of imidazole rings is 1. The van der Waals surface area contributed by atoms with E-state index in [1.165, 1.54) is 44.1 Å². The Morgan fingerprint density at radius 1 is 0.815 bits per heavy atom. The summed E-state index contributed by atoms with van der Waals surface area (Å²) in [6.07, 6.45) is 1.99. The number of aryl methyl sites for hydroxylation is 1. The lowest BCUT2D eigenvalue weighted by Crippen LogP contribution is -1.99. The number of hydrogen-bond donors (Lipinski definition) is 0. The molecule has 2 heteroatoms. The van der Waals surface area contributed by atoms with Crippen LogP contribution in [0.4, 0.5) is 0 Å². The predicted molar refractivity (Wildman–Crippen MR) is 114 cm³/mol. The Labute approximate surface area is 159 Å². The van der Waals surface area contributed by atoms with Crippen molar-refractivity contribution in [3.8, 4) is 11.1 Å². The van der Waals surface area contributed by atoms with Crippen LogP contribution in [-0.2, 0) is 0 Å². The minimum absolute atomic E-state index is 0.430. The molecule has 0 radical (unpaired) electrons. The fraction of sp³-hybridized carbons (Fsp3) is 0.160. The highest BCUT2D eigenvalue weighted by Crippen LogP contribution is 2.40. The molecule has 27 heavy (non-hydrogen) atoms. The average Bonchev–Trinajstić information content (AvgIpc) is 3.09. The van der Waals surface area contributed by atoms with Gasteiger partial charge in [-0.25, -0.2) is 4.98 Å². The summed E-state index contributed by atoms with van der Waals surface area (Å²) in [4.78, 5) is 4.84. The van der Waals surface area contributed by atoms with E-state index >= 15 is 0 Å². The van der Waals surface area contributed by atoms with Crippen LogP contribution < -0.4 is 0 Å². The van der Waals surface area contributed by atoms with Crippen LogP contribution in [-0.4, -0.2) is 9.38 Å². The van der Waals surface area contributed by atoms with Crippen molar-refractivity contribution in [2.45, 2.75) is 26.7 Å². The number of nitrogens with zero attached hydrogens (tertiary/aromatic N) is 2. The van der Waals surface area contributed by atoms with Gasteiger partial charge >= 0.3 is 0 Å². The molecule has 0 atom stereocenters. The smallest absolute Gasteiger partial charge is 0.145 e. The van der Waals surface area contributed by atoms with E-state index < -0.39 is 0 Å². The second kappa shape index (κ2) is 5.95. The molecule has 0 fully saturated rings. The number of rotatable bonds is 2. The van der Waals surface area contributed by atoms with E-state index in [0.717, 1.165) is 5.65 Å². The molecule has 132 valence electrons. The lowest BCUT2D eigenvalue weighted by Gasteiger charge is -2.18. The van der Waals surface area contributed by atoms with E-state index in [1.54, 1.807) is 0 Å². The lowest BCUT2D eigenvalue weighted by molar-refractivity contribution is 0.876. The van der Waals surface area contributed by atoms with E-state index in [-0.39, 0.29) is 0 Å². The Kier molecular flexibility index (Phi) is 3.54. The largest absolute Gasteiger partial charge is 0.296 e. The van der Waals surface area contributed by atoms with Crippen LogP contribution in [0.25, 0.3) is 38.4 Å². The zero-order chi connectivity index (χ0) is 18.5. The standard InChI is InChI=1S/C25H22N2/c1-16(2)19-13-14-20(18-9-5-4-6-10-18)23-21-11-7-8-12-22(21)27-17(3)15-26-25(27)24(19)23/h4-16H,1-3H3. The number of benzene rings is 3.